The van der Waals surface area contributed by atoms with Crippen molar-refractivity contribution in [1.29, 1.82) is 0 Å². The van der Waals surface area contributed by atoms with Crippen LogP contribution < -0.4 is 5.32 Å². The van der Waals surface area contributed by atoms with Gasteiger partial charge in [-0.15, -0.1) is 11.8 Å². The van der Waals surface area contributed by atoms with Gasteiger partial charge in [-0.2, -0.15) is 4.31 Å². The molecule has 1 amide bonds. The van der Waals surface area contributed by atoms with Gasteiger partial charge in [0.25, 0.3) is 0 Å². The maximum Gasteiger partial charge on any atom is 0.243 e. The Bertz CT molecular complexity index is 1220. The molecule has 3 aromatic rings. The summed E-state index contributed by atoms with van der Waals surface area (Å²) in [6.45, 7) is -0.480. The van der Waals surface area contributed by atoms with Crippen molar-refractivity contribution in [3.63, 3.8) is 0 Å². The van der Waals surface area contributed by atoms with Crippen LogP contribution in [0.4, 0.5) is 5.69 Å². The molecule has 0 saturated carbocycles. The van der Waals surface area contributed by atoms with Crippen molar-refractivity contribution in [3.05, 3.63) is 86.8 Å². The van der Waals surface area contributed by atoms with Crippen LogP contribution in [0.3, 0.4) is 0 Å². The van der Waals surface area contributed by atoms with E-state index >= 15 is 0 Å². The van der Waals surface area contributed by atoms with Crippen LogP contribution in [0, 0.1) is 0 Å². The summed E-state index contributed by atoms with van der Waals surface area (Å²) in [5.74, 6) is -0.461. The third-order valence-electron chi connectivity index (χ3n) is 4.51. The van der Waals surface area contributed by atoms with Crippen molar-refractivity contribution in [2.75, 3.05) is 18.1 Å². The van der Waals surface area contributed by atoms with Gasteiger partial charge >= 0.3 is 0 Å². The number of nitrogens with zero attached hydrogens (tertiary/aromatic N) is 1. The number of halogens is 3. The Morgan fingerprint density at radius 3 is 2.41 bits per heavy atom. The van der Waals surface area contributed by atoms with Crippen LogP contribution in [0.5, 0.6) is 0 Å². The third kappa shape index (κ3) is 6.27. The van der Waals surface area contributed by atoms with Crippen LogP contribution >= 0.6 is 50.9 Å². The molecule has 168 valence electrons. The summed E-state index contributed by atoms with van der Waals surface area (Å²) in [4.78, 5) is 13.8. The van der Waals surface area contributed by atoms with Gasteiger partial charge in [0.05, 0.1) is 17.1 Å². The molecule has 0 spiro atoms. The van der Waals surface area contributed by atoms with E-state index in [1.165, 1.54) is 30.0 Å². The fraction of sp³-hybridized carbons (Fsp3) is 0.136. The van der Waals surface area contributed by atoms with Gasteiger partial charge in [-0.3, -0.25) is 4.79 Å². The molecule has 0 bridgehead atoms. The Morgan fingerprint density at radius 1 is 1.06 bits per heavy atom. The molecule has 3 aromatic carbocycles. The van der Waals surface area contributed by atoms with Gasteiger partial charge in [0, 0.05) is 26.0 Å². The Hall–Kier alpha value is -1.55. The molecule has 0 aliphatic heterocycles. The Morgan fingerprint density at radius 2 is 1.75 bits per heavy atom. The van der Waals surface area contributed by atoms with Crippen molar-refractivity contribution >= 4 is 72.5 Å². The summed E-state index contributed by atoms with van der Waals surface area (Å²) in [5, 5.41) is 3.57. The van der Waals surface area contributed by atoms with Crippen LogP contribution in [0.2, 0.25) is 10.0 Å². The normalized spacial score (nSPS) is 11.5. The smallest absolute Gasteiger partial charge is 0.243 e. The van der Waals surface area contributed by atoms with E-state index < -0.39 is 15.9 Å². The lowest BCUT2D eigenvalue weighted by Gasteiger charge is -2.23. The van der Waals surface area contributed by atoms with Crippen molar-refractivity contribution in [3.8, 4) is 0 Å². The highest BCUT2D eigenvalue weighted by Crippen LogP contribution is 2.27. The first-order valence-corrected chi connectivity index (χ1v) is 13.5. The number of anilines is 1. The number of hydrogen-bond acceptors (Lipinski definition) is 4. The summed E-state index contributed by atoms with van der Waals surface area (Å²) >= 11 is 17.0. The Labute approximate surface area is 210 Å². The van der Waals surface area contributed by atoms with Gasteiger partial charge in [-0.1, -0.05) is 57.3 Å². The number of hydrogen-bond donors (Lipinski definition) is 1. The minimum absolute atomic E-state index is 0.0723. The lowest BCUT2D eigenvalue weighted by molar-refractivity contribution is -0.116. The first-order chi connectivity index (χ1) is 15.2. The number of benzene rings is 3. The van der Waals surface area contributed by atoms with Gasteiger partial charge in [0.2, 0.25) is 15.9 Å². The topological polar surface area (TPSA) is 66.5 Å². The van der Waals surface area contributed by atoms with Gasteiger partial charge in [0.1, 0.15) is 0 Å². The van der Waals surface area contributed by atoms with Crippen LogP contribution in [-0.4, -0.2) is 31.4 Å². The molecule has 0 aromatic heterocycles. The minimum Gasteiger partial charge on any atom is -0.324 e. The number of carbonyl (C=O) groups excluding carboxylic acids is 1. The predicted molar refractivity (Wildman–Crippen MR) is 135 cm³/mol. The molecule has 32 heavy (non-hydrogen) atoms. The predicted octanol–water partition coefficient (Wildman–Crippen LogP) is 6.31. The standard InChI is InChI=1S/C22H19BrCl2N2O3S2/c1-31-21-5-3-2-4-20(21)26-22(28)14-27(13-15-6-9-17(24)12-19(15)25)32(29,30)18-10-7-16(23)8-11-18/h2-12H,13-14H2,1H3,(H,26,28). The summed E-state index contributed by atoms with van der Waals surface area (Å²) < 4.78 is 28.6. The van der Waals surface area contributed by atoms with Gasteiger partial charge in [-0.05, 0) is 60.4 Å². The quantitative estimate of drug-likeness (QED) is 0.321. The average Bonchev–Trinajstić information content (AvgIpc) is 2.75. The summed E-state index contributed by atoms with van der Waals surface area (Å²) in [6.07, 6.45) is 1.90. The van der Waals surface area contributed by atoms with Gasteiger partial charge in [-0.25, -0.2) is 8.42 Å². The summed E-state index contributed by atoms with van der Waals surface area (Å²) in [5.41, 5.74) is 1.16. The molecule has 0 radical (unpaired) electrons. The molecular weight excluding hydrogens is 555 g/mol. The SMILES string of the molecule is CSc1ccccc1NC(=O)CN(Cc1ccc(Cl)cc1Cl)S(=O)(=O)c1ccc(Br)cc1. The van der Waals surface area contributed by atoms with Crippen molar-refractivity contribution < 1.29 is 13.2 Å². The average molecular weight is 574 g/mol. The van der Waals surface area contributed by atoms with Crippen molar-refractivity contribution in [2.24, 2.45) is 0 Å². The van der Waals surface area contributed by atoms with E-state index in [0.29, 0.717) is 21.3 Å². The van der Waals surface area contributed by atoms with E-state index in [1.54, 1.807) is 36.4 Å². The number of amides is 1. The van der Waals surface area contributed by atoms with Crippen LogP contribution in [0.15, 0.2) is 81.0 Å². The minimum atomic E-state index is -3.99. The maximum absolute atomic E-state index is 13.4. The van der Waals surface area contributed by atoms with Crippen LogP contribution in [-0.2, 0) is 21.4 Å². The van der Waals surface area contributed by atoms with Crippen LogP contribution in [0.1, 0.15) is 5.56 Å². The fourth-order valence-electron chi connectivity index (χ4n) is 2.92. The maximum atomic E-state index is 13.4. The van der Waals surface area contributed by atoms with Gasteiger partial charge < -0.3 is 5.32 Å². The monoisotopic (exact) mass is 572 g/mol. The fourth-order valence-corrected chi connectivity index (χ4v) is 5.58. The second-order valence-corrected chi connectivity index (χ2v) is 11.3. The Balaban J connectivity index is 1.92. The molecule has 0 saturated heterocycles. The summed E-state index contributed by atoms with van der Waals surface area (Å²) in [6, 6.07) is 18.4. The second-order valence-electron chi connectivity index (χ2n) is 6.71. The van der Waals surface area contributed by atoms with Crippen LogP contribution in [0.25, 0.3) is 0 Å². The largest absolute Gasteiger partial charge is 0.324 e. The number of thioether (sulfide) groups is 1. The number of sulfonamides is 1. The second kappa shape index (κ2) is 11.0. The molecule has 0 aliphatic rings. The zero-order valence-electron chi connectivity index (χ0n) is 16.9. The zero-order chi connectivity index (χ0) is 23.3. The van der Waals surface area contributed by atoms with E-state index in [9.17, 15) is 13.2 Å². The molecule has 5 nitrogen and oxygen atoms in total. The third-order valence-corrected chi connectivity index (χ3v) is 8.23. The molecular formula is C22H19BrCl2N2O3S2. The van der Waals surface area contributed by atoms with Crippen molar-refractivity contribution in [2.45, 2.75) is 16.3 Å². The highest BCUT2D eigenvalue weighted by atomic mass is 79.9. The molecule has 10 heteroatoms. The van der Waals surface area contributed by atoms with Gasteiger partial charge in [0.15, 0.2) is 0 Å². The number of rotatable bonds is 8. The molecule has 3 rings (SSSR count). The number of carbonyl (C=O) groups is 1. The first kappa shape index (κ1) is 25.1. The van der Waals surface area contributed by atoms with E-state index in [1.807, 2.05) is 18.4 Å². The van der Waals surface area contributed by atoms with E-state index in [2.05, 4.69) is 21.2 Å². The number of para-hydroxylation sites is 1. The van der Waals surface area contributed by atoms with E-state index in [-0.39, 0.29) is 18.0 Å². The lowest BCUT2D eigenvalue weighted by atomic mass is 10.2. The molecule has 0 heterocycles. The molecule has 1 N–H and O–H groups in total. The molecule has 0 aliphatic carbocycles. The molecule has 0 atom stereocenters. The first-order valence-electron chi connectivity index (χ1n) is 9.33. The van der Waals surface area contributed by atoms with Crippen molar-refractivity contribution in [1.82, 2.24) is 4.31 Å². The van der Waals surface area contributed by atoms with E-state index in [0.717, 1.165) is 13.7 Å². The van der Waals surface area contributed by atoms with E-state index in [4.69, 9.17) is 23.2 Å². The molecule has 0 fully saturated rings. The zero-order valence-corrected chi connectivity index (χ0v) is 21.6. The molecule has 0 unspecified atom stereocenters. The highest BCUT2D eigenvalue weighted by Gasteiger charge is 2.28. The lowest BCUT2D eigenvalue weighted by Crippen LogP contribution is -2.37. The summed E-state index contributed by atoms with van der Waals surface area (Å²) in [7, 11) is -3.99. The Kier molecular flexibility index (Phi) is 8.66. The highest BCUT2D eigenvalue weighted by molar-refractivity contribution is 9.10. The number of nitrogens with one attached hydrogen (secondary N) is 1.